The molecule has 0 radical (unpaired) electrons. The Morgan fingerprint density at radius 3 is 2.53 bits per heavy atom. The van der Waals surface area contributed by atoms with Crippen LogP contribution < -0.4 is 10.8 Å². The van der Waals surface area contributed by atoms with Gasteiger partial charge in [-0.15, -0.1) is 0 Å². The SMILES string of the molecule is C=C(C)C(=O)Nc1ccc(CN(C)C)c(B(O)O)c1. The Labute approximate surface area is 113 Å². The number of carbonyl (C=O) groups is 1. The van der Waals surface area contributed by atoms with Crippen molar-refractivity contribution in [2.24, 2.45) is 0 Å². The molecule has 1 aromatic rings. The first-order valence-corrected chi connectivity index (χ1v) is 5.91. The summed E-state index contributed by atoms with van der Waals surface area (Å²) in [5, 5.41) is 21.4. The van der Waals surface area contributed by atoms with Crippen LogP contribution in [0.5, 0.6) is 0 Å². The van der Waals surface area contributed by atoms with E-state index in [2.05, 4.69) is 11.9 Å². The van der Waals surface area contributed by atoms with E-state index in [9.17, 15) is 14.8 Å². The van der Waals surface area contributed by atoms with Gasteiger partial charge < -0.3 is 20.3 Å². The first-order chi connectivity index (χ1) is 8.81. The second-order valence-electron chi connectivity index (χ2n) is 4.76. The molecule has 0 aliphatic carbocycles. The minimum Gasteiger partial charge on any atom is -0.423 e. The number of hydrogen-bond donors (Lipinski definition) is 3. The molecule has 0 fully saturated rings. The van der Waals surface area contributed by atoms with Crippen molar-refractivity contribution in [1.29, 1.82) is 0 Å². The summed E-state index contributed by atoms with van der Waals surface area (Å²) in [6.07, 6.45) is 0. The molecule has 0 heterocycles. The maximum absolute atomic E-state index is 11.5. The quantitative estimate of drug-likeness (QED) is 0.513. The Hall–Kier alpha value is -1.63. The van der Waals surface area contributed by atoms with Gasteiger partial charge in [0.15, 0.2) is 0 Å². The van der Waals surface area contributed by atoms with E-state index in [1.54, 1.807) is 25.1 Å². The maximum Gasteiger partial charge on any atom is 0.488 e. The van der Waals surface area contributed by atoms with E-state index < -0.39 is 7.12 Å². The minimum absolute atomic E-state index is 0.293. The molecule has 1 amide bonds. The van der Waals surface area contributed by atoms with Gasteiger partial charge in [0.05, 0.1) is 0 Å². The van der Waals surface area contributed by atoms with Crippen molar-refractivity contribution in [2.75, 3.05) is 19.4 Å². The second-order valence-corrected chi connectivity index (χ2v) is 4.76. The molecule has 0 unspecified atom stereocenters. The molecule has 0 aliphatic rings. The minimum atomic E-state index is -1.57. The van der Waals surface area contributed by atoms with Crippen molar-refractivity contribution in [3.63, 3.8) is 0 Å². The van der Waals surface area contributed by atoms with Crippen LogP contribution in [0, 0.1) is 0 Å². The summed E-state index contributed by atoms with van der Waals surface area (Å²) in [7, 11) is 2.21. The molecule has 0 aromatic heterocycles. The van der Waals surface area contributed by atoms with Gasteiger partial charge in [-0.1, -0.05) is 12.6 Å². The third kappa shape index (κ3) is 4.52. The predicted octanol–water partition coefficient (Wildman–Crippen LogP) is -0.0574. The van der Waals surface area contributed by atoms with Crippen molar-refractivity contribution < 1.29 is 14.8 Å². The van der Waals surface area contributed by atoms with Gasteiger partial charge in [-0.3, -0.25) is 4.79 Å². The number of hydrogen-bond acceptors (Lipinski definition) is 4. The number of amides is 1. The van der Waals surface area contributed by atoms with E-state index in [0.717, 1.165) is 5.56 Å². The van der Waals surface area contributed by atoms with Crippen molar-refractivity contribution in [1.82, 2.24) is 4.90 Å². The molecular formula is C13H19BN2O3. The number of anilines is 1. The molecule has 0 bridgehead atoms. The van der Waals surface area contributed by atoms with Crippen LogP contribution in [0.1, 0.15) is 12.5 Å². The van der Waals surface area contributed by atoms with Crippen LogP contribution >= 0.6 is 0 Å². The van der Waals surface area contributed by atoms with Crippen LogP contribution in [-0.2, 0) is 11.3 Å². The molecular weight excluding hydrogens is 243 g/mol. The van der Waals surface area contributed by atoms with Gasteiger partial charge in [-0.25, -0.2) is 0 Å². The Morgan fingerprint density at radius 1 is 1.42 bits per heavy atom. The summed E-state index contributed by atoms with van der Waals surface area (Å²) >= 11 is 0. The monoisotopic (exact) mass is 262 g/mol. The van der Waals surface area contributed by atoms with Crippen molar-refractivity contribution in [3.8, 4) is 0 Å². The standard InChI is InChI=1S/C13H19BN2O3/c1-9(2)13(17)15-11-6-5-10(8-16(3)4)12(7-11)14(18)19/h5-7,18-19H,1,8H2,2-4H3,(H,15,17). The topological polar surface area (TPSA) is 72.8 Å². The second kappa shape index (κ2) is 6.52. The highest BCUT2D eigenvalue weighted by Gasteiger charge is 2.17. The molecule has 0 aliphatic heterocycles. The lowest BCUT2D eigenvalue weighted by atomic mass is 9.76. The molecule has 1 aromatic carbocycles. The van der Waals surface area contributed by atoms with Crippen molar-refractivity contribution in [3.05, 3.63) is 35.9 Å². The highest BCUT2D eigenvalue weighted by atomic mass is 16.4. The Balaban J connectivity index is 3.02. The fourth-order valence-electron chi connectivity index (χ4n) is 1.64. The van der Waals surface area contributed by atoms with E-state index >= 15 is 0 Å². The summed E-state index contributed by atoms with van der Waals surface area (Å²) in [6.45, 7) is 5.74. The number of carbonyl (C=O) groups excluding carboxylic acids is 1. The van der Waals surface area contributed by atoms with Gasteiger partial charge >= 0.3 is 7.12 Å². The molecule has 0 atom stereocenters. The van der Waals surface area contributed by atoms with Gasteiger partial charge in [0, 0.05) is 17.8 Å². The molecule has 0 saturated heterocycles. The number of rotatable bonds is 5. The fraction of sp³-hybridized carbons (Fsp3) is 0.308. The van der Waals surface area contributed by atoms with Crippen LogP contribution in [0.3, 0.4) is 0 Å². The average Bonchev–Trinajstić information content (AvgIpc) is 2.29. The first kappa shape index (κ1) is 15.4. The zero-order valence-corrected chi connectivity index (χ0v) is 11.5. The van der Waals surface area contributed by atoms with Crippen LogP contribution in [0.2, 0.25) is 0 Å². The van der Waals surface area contributed by atoms with Crippen LogP contribution in [0.4, 0.5) is 5.69 Å². The Morgan fingerprint density at radius 2 is 2.05 bits per heavy atom. The lowest BCUT2D eigenvalue weighted by molar-refractivity contribution is -0.112. The average molecular weight is 262 g/mol. The Kier molecular flexibility index (Phi) is 5.29. The van der Waals surface area contributed by atoms with Gasteiger partial charge in [0.1, 0.15) is 0 Å². The van der Waals surface area contributed by atoms with E-state index in [0.29, 0.717) is 23.3 Å². The summed E-state index contributed by atoms with van der Waals surface area (Å²) < 4.78 is 0. The summed E-state index contributed by atoms with van der Waals surface area (Å²) in [6, 6.07) is 5.05. The van der Waals surface area contributed by atoms with E-state index in [1.165, 1.54) is 0 Å². The lowest BCUT2D eigenvalue weighted by Crippen LogP contribution is -2.35. The maximum atomic E-state index is 11.5. The normalized spacial score (nSPS) is 10.4. The highest BCUT2D eigenvalue weighted by molar-refractivity contribution is 6.59. The summed E-state index contributed by atoms with van der Waals surface area (Å²) in [5.74, 6) is -0.293. The number of nitrogens with zero attached hydrogens (tertiary/aromatic N) is 1. The molecule has 1 rings (SSSR count). The third-order valence-electron chi connectivity index (χ3n) is 2.56. The van der Waals surface area contributed by atoms with Gasteiger partial charge in [-0.2, -0.15) is 0 Å². The molecule has 0 spiro atoms. The van der Waals surface area contributed by atoms with Gasteiger partial charge in [-0.05, 0) is 44.2 Å². The molecule has 3 N–H and O–H groups in total. The predicted molar refractivity (Wildman–Crippen MR) is 77.1 cm³/mol. The zero-order chi connectivity index (χ0) is 14.6. The smallest absolute Gasteiger partial charge is 0.423 e. The summed E-state index contributed by atoms with van der Waals surface area (Å²) in [4.78, 5) is 13.4. The van der Waals surface area contributed by atoms with E-state index in [-0.39, 0.29) is 5.91 Å². The van der Waals surface area contributed by atoms with E-state index in [1.807, 2.05) is 19.0 Å². The third-order valence-corrected chi connectivity index (χ3v) is 2.56. The molecule has 102 valence electrons. The largest absolute Gasteiger partial charge is 0.488 e. The molecule has 6 heteroatoms. The fourth-order valence-corrected chi connectivity index (χ4v) is 1.64. The van der Waals surface area contributed by atoms with Crippen molar-refractivity contribution >= 4 is 24.2 Å². The molecule has 5 nitrogen and oxygen atoms in total. The molecule has 0 saturated carbocycles. The number of benzene rings is 1. The van der Waals surface area contributed by atoms with Crippen LogP contribution in [0.15, 0.2) is 30.4 Å². The van der Waals surface area contributed by atoms with Crippen LogP contribution in [0.25, 0.3) is 0 Å². The van der Waals surface area contributed by atoms with Crippen molar-refractivity contribution in [2.45, 2.75) is 13.5 Å². The van der Waals surface area contributed by atoms with Gasteiger partial charge in [0.25, 0.3) is 5.91 Å². The van der Waals surface area contributed by atoms with Gasteiger partial charge in [0.2, 0.25) is 0 Å². The summed E-state index contributed by atoms with van der Waals surface area (Å²) in [5.41, 5.74) is 2.09. The lowest BCUT2D eigenvalue weighted by Gasteiger charge is -2.15. The zero-order valence-electron chi connectivity index (χ0n) is 11.5. The first-order valence-electron chi connectivity index (χ1n) is 5.91. The molecule has 19 heavy (non-hydrogen) atoms. The highest BCUT2D eigenvalue weighted by Crippen LogP contribution is 2.10. The van der Waals surface area contributed by atoms with Crippen LogP contribution in [-0.4, -0.2) is 42.1 Å². The number of nitrogens with one attached hydrogen (secondary N) is 1. The van der Waals surface area contributed by atoms with E-state index in [4.69, 9.17) is 0 Å². The Bertz CT molecular complexity index is 487.